The third kappa shape index (κ3) is 5.23. The summed E-state index contributed by atoms with van der Waals surface area (Å²) in [6.45, 7) is 4.39. The molecule has 0 saturated heterocycles. The van der Waals surface area contributed by atoms with Crippen molar-refractivity contribution < 1.29 is 8.42 Å². The second-order valence-corrected chi connectivity index (χ2v) is 6.33. The quantitative estimate of drug-likeness (QED) is 0.834. The van der Waals surface area contributed by atoms with Crippen LogP contribution in [0, 0.1) is 6.92 Å². The number of hydrogen-bond donors (Lipinski definition) is 1. The van der Waals surface area contributed by atoms with Gasteiger partial charge in [0.1, 0.15) is 9.84 Å². The molecule has 0 amide bonds. The first kappa shape index (κ1) is 13.1. The molecule has 0 aromatic carbocycles. The third-order valence-electron chi connectivity index (χ3n) is 2.13. The molecule has 5 heteroatoms. The van der Waals surface area contributed by atoms with Crippen LogP contribution < -0.4 is 5.32 Å². The minimum Gasteiger partial charge on any atom is -0.308 e. The zero-order valence-electron chi connectivity index (χ0n) is 9.90. The Morgan fingerprint density at radius 3 is 2.69 bits per heavy atom. The molecular weight excluding hydrogens is 224 g/mol. The van der Waals surface area contributed by atoms with E-state index in [9.17, 15) is 8.42 Å². The molecule has 0 bridgehead atoms. The number of sulfone groups is 1. The van der Waals surface area contributed by atoms with E-state index in [0.29, 0.717) is 6.54 Å². The highest BCUT2D eigenvalue weighted by Gasteiger charge is 2.09. The smallest absolute Gasteiger partial charge is 0.148 e. The van der Waals surface area contributed by atoms with Gasteiger partial charge in [0.25, 0.3) is 0 Å². The van der Waals surface area contributed by atoms with Crippen LogP contribution in [0.25, 0.3) is 0 Å². The summed E-state index contributed by atoms with van der Waals surface area (Å²) in [6.07, 6.45) is 1.25. The highest BCUT2D eigenvalue weighted by Crippen LogP contribution is 1.99. The van der Waals surface area contributed by atoms with Crippen molar-refractivity contribution in [1.29, 1.82) is 0 Å². The Labute approximate surface area is 97.0 Å². The average Bonchev–Trinajstić information content (AvgIpc) is 2.12. The normalized spacial score (nSPS) is 13.7. The van der Waals surface area contributed by atoms with Crippen molar-refractivity contribution in [3.8, 4) is 0 Å². The Morgan fingerprint density at radius 2 is 2.12 bits per heavy atom. The van der Waals surface area contributed by atoms with Gasteiger partial charge >= 0.3 is 0 Å². The van der Waals surface area contributed by atoms with Crippen LogP contribution in [-0.2, 0) is 16.4 Å². The predicted octanol–water partition coefficient (Wildman–Crippen LogP) is 0.913. The molecule has 0 spiro atoms. The van der Waals surface area contributed by atoms with Crippen LogP contribution in [0.5, 0.6) is 0 Å². The molecule has 1 atom stereocenters. The molecule has 4 nitrogen and oxygen atoms in total. The Morgan fingerprint density at radius 1 is 1.44 bits per heavy atom. The van der Waals surface area contributed by atoms with Crippen LogP contribution >= 0.6 is 0 Å². The van der Waals surface area contributed by atoms with Gasteiger partial charge in [-0.1, -0.05) is 6.07 Å². The first-order valence-corrected chi connectivity index (χ1v) is 7.26. The van der Waals surface area contributed by atoms with Crippen LogP contribution in [0.3, 0.4) is 0 Å². The van der Waals surface area contributed by atoms with Gasteiger partial charge in [0.2, 0.25) is 0 Å². The van der Waals surface area contributed by atoms with Gasteiger partial charge in [-0.25, -0.2) is 8.42 Å². The van der Waals surface area contributed by atoms with Gasteiger partial charge in [-0.15, -0.1) is 0 Å². The van der Waals surface area contributed by atoms with Gasteiger partial charge in [0.05, 0.1) is 11.4 Å². The lowest BCUT2D eigenvalue weighted by Crippen LogP contribution is -2.32. The molecular formula is C11H18N2O2S. The molecule has 1 heterocycles. The molecule has 0 radical (unpaired) electrons. The van der Waals surface area contributed by atoms with E-state index in [1.807, 2.05) is 32.0 Å². The molecule has 1 rings (SSSR count). The molecule has 0 aliphatic heterocycles. The Hall–Kier alpha value is -0.940. The lowest BCUT2D eigenvalue weighted by Gasteiger charge is -2.12. The van der Waals surface area contributed by atoms with Gasteiger partial charge in [-0.05, 0) is 26.0 Å². The van der Waals surface area contributed by atoms with Crippen LogP contribution in [0.15, 0.2) is 18.2 Å². The molecule has 0 aliphatic carbocycles. The van der Waals surface area contributed by atoms with Crippen molar-refractivity contribution in [2.24, 2.45) is 0 Å². The molecule has 90 valence electrons. The molecule has 0 saturated carbocycles. The van der Waals surface area contributed by atoms with Crippen LogP contribution in [0.1, 0.15) is 18.3 Å². The summed E-state index contributed by atoms with van der Waals surface area (Å²) in [4.78, 5) is 4.33. The largest absolute Gasteiger partial charge is 0.308 e. The van der Waals surface area contributed by atoms with Gasteiger partial charge < -0.3 is 5.32 Å². The third-order valence-corrected chi connectivity index (χ3v) is 3.24. The number of aryl methyl sites for hydroxylation is 1. The minimum absolute atomic E-state index is 0.0580. The number of rotatable bonds is 5. The molecule has 0 aliphatic rings. The summed E-state index contributed by atoms with van der Waals surface area (Å²) in [7, 11) is -2.92. The van der Waals surface area contributed by atoms with Crippen molar-refractivity contribution in [2.75, 3.05) is 12.0 Å². The number of hydrogen-bond acceptors (Lipinski definition) is 4. The van der Waals surface area contributed by atoms with E-state index in [0.717, 1.165) is 11.4 Å². The maximum absolute atomic E-state index is 11.1. The van der Waals surface area contributed by atoms with E-state index < -0.39 is 9.84 Å². The summed E-state index contributed by atoms with van der Waals surface area (Å²) in [5.41, 5.74) is 1.90. The number of aromatic nitrogens is 1. The molecule has 16 heavy (non-hydrogen) atoms. The zero-order chi connectivity index (χ0) is 12.2. The average molecular weight is 242 g/mol. The SMILES string of the molecule is Cc1cccc(CNC(C)CS(C)(=O)=O)n1. The van der Waals surface area contributed by atoms with E-state index in [2.05, 4.69) is 10.3 Å². The van der Waals surface area contributed by atoms with E-state index in [4.69, 9.17) is 0 Å². The summed E-state index contributed by atoms with van der Waals surface area (Å²) >= 11 is 0. The Kier molecular flexibility index (Phi) is 4.44. The summed E-state index contributed by atoms with van der Waals surface area (Å²) in [5.74, 6) is 0.152. The van der Waals surface area contributed by atoms with E-state index >= 15 is 0 Å². The Balaban J connectivity index is 2.46. The summed E-state index contributed by atoms with van der Waals surface area (Å²) in [5, 5.41) is 3.14. The maximum Gasteiger partial charge on any atom is 0.148 e. The van der Waals surface area contributed by atoms with Crippen LogP contribution in [0.4, 0.5) is 0 Å². The summed E-state index contributed by atoms with van der Waals surface area (Å²) < 4.78 is 22.1. The van der Waals surface area contributed by atoms with Crippen molar-refractivity contribution in [1.82, 2.24) is 10.3 Å². The van der Waals surface area contributed by atoms with Crippen molar-refractivity contribution in [3.05, 3.63) is 29.6 Å². The van der Waals surface area contributed by atoms with Crippen LogP contribution in [-0.4, -0.2) is 31.5 Å². The molecule has 1 unspecified atom stereocenters. The van der Waals surface area contributed by atoms with Gasteiger partial charge in [-0.2, -0.15) is 0 Å². The molecule has 1 aromatic heterocycles. The first-order valence-electron chi connectivity index (χ1n) is 5.20. The molecule has 0 fully saturated rings. The second-order valence-electron chi connectivity index (χ2n) is 4.14. The van der Waals surface area contributed by atoms with Crippen molar-refractivity contribution >= 4 is 9.84 Å². The van der Waals surface area contributed by atoms with E-state index in [1.165, 1.54) is 6.26 Å². The van der Waals surface area contributed by atoms with E-state index in [-0.39, 0.29) is 11.8 Å². The first-order chi connectivity index (χ1) is 7.37. The van der Waals surface area contributed by atoms with Crippen LogP contribution in [0.2, 0.25) is 0 Å². The monoisotopic (exact) mass is 242 g/mol. The fourth-order valence-corrected chi connectivity index (χ4v) is 2.52. The molecule has 1 N–H and O–H groups in total. The van der Waals surface area contributed by atoms with Gasteiger partial charge in [0, 0.05) is 24.5 Å². The fraction of sp³-hybridized carbons (Fsp3) is 0.545. The van der Waals surface area contributed by atoms with Gasteiger partial charge in [-0.3, -0.25) is 4.98 Å². The van der Waals surface area contributed by atoms with Crippen molar-refractivity contribution in [3.63, 3.8) is 0 Å². The summed E-state index contributed by atoms with van der Waals surface area (Å²) in [6, 6.07) is 5.74. The van der Waals surface area contributed by atoms with Gasteiger partial charge in [0.15, 0.2) is 0 Å². The number of nitrogens with zero attached hydrogens (tertiary/aromatic N) is 1. The van der Waals surface area contributed by atoms with E-state index in [1.54, 1.807) is 0 Å². The number of nitrogens with one attached hydrogen (secondary N) is 1. The Bertz CT molecular complexity index is 443. The van der Waals surface area contributed by atoms with Crippen molar-refractivity contribution in [2.45, 2.75) is 26.4 Å². The number of pyridine rings is 1. The lowest BCUT2D eigenvalue weighted by atomic mass is 10.3. The fourth-order valence-electron chi connectivity index (χ4n) is 1.49. The zero-order valence-corrected chi connectivity index (χ0v) is 10.7. The highest BCUT2D eigenvalue weighted by atomic mass is 32.2. The topological polar surface area (TPSA) is 59.1 Å². The lowest BCUT2D eigenvalue weighted by molar-refractivity contribution is 0.556. The molecule has 1 aromatic rings. The second kappa shape index (κ2) is 5.41. The standard InChI is InChI=1S/C11H18N2O2S/c1-9-5-4-6-11(13-9)7-12-10(2)8-16(3,14)15/h4-6,10,12H,7-8H2,1-3H3. The maximum atomic E-state index is 11.1. The predicted molar refractivity (Wildman–Crippen MR) is 65.0 cm³/mol. The highest BCUT2D eigenvalue weighted by molar-refractivity contribution is 7.90. The minimum atomic E-state index is -2.92.